The van der Waals surface area contributed by atoms with Crippen LogP contribution in [0.1, 0.15) is 103 Å². The molecule has 0 fully saturated rings. The topological polar surface area (TPSA) is 74.6 Å². The maximum atomic E-state index is 8.74. The van der Waals surface area contributed by atoms with Crippen molar-refractivity contribution in [1.29, 1.82) is 0 Å². The smallest absolute Gasteiger partial charge is 0.343 e. The van der Waals surface area contributed by atoms with Gasteiger partial charge < -0.3 is 6.92 Å². The molecule has 0 unspecified atom stereocenters. The van der Waals surface area contributed by atoms with E-state index in [0.29, 0.717) is 0 Å². The van der Waals surface area contributed by atoms with Crippen LogP contribution in [-0.2, 0) is 10.4 Å². The van der Waals surface area contributed by atoms with Crippen molar-refractivity contribution >= 4 is 10.4 Å². The molecule has 136 valence electrons. The van der Waals surface area contributed by atoms with Crippen molar-refractivity contribution in [2.75, 3.05) is 0 Å². The summed E-state index contributed by atoms with van der Waals surface area (Å²) in [7, 11) is -4.67. The standard InChI is InChI=1S/C17H35.Na.H2O4S/c1-3-5-7-9-11-13-15-17-16-14-12-10-8-6-4-2;;1-5(2,3)4/h1,3-17H2,2H3;;(H2,1,2,3,4)/q-1;+1;. The average Bonchev–Trinajstić information content (AvgIpc) is 2.42. The predicted octanol–water partition coefficient (Wildman–Crippen LogP) is 3.04. The number of hydrogen-bond acceptors (Lipinski definition) is 2. The van der Waals surface area contributed by atoms with Crippen molar-refractivity contribution in [3.63, 3.8) is 0 Å². The Morgan fingerprint density at radius 1 is 0.652 bits per heavy atom. The SMILES string of the molecule is O=S(=O)(O)O.[CH2-]CCCCCCCCCCCCCCCC.[Na+]. The summed E-state index contributed by atoms with van der Waals surface area (Å²) in [5.74, 6) is 0. The summed E-state index contributed by atoms with van der Waals surface area (Å²) in [5, 5.41) is 0. The summed E-state index contributed by atoms with van der Waals surface area (Å²) in [4.78, 5) is 0. The predicted molar refractivity (Wildman–Crippen MR) is 94.5 cm³/mol. The summed E-state index contributed by atoms with van der Waals surface area (Å²) < 4.78 is 31.6. The molecule has 0 aromatic rings. The quantitative estimate of drug-likeness (QED) is 0.216. The van der Waals surface area contributed by atoms with Gasteiger partial charge in [-0.05, 0) is 0 Å². The Kier molecular flexibility index (Phi) is 28.5. The van der Waals surface area contributed by atoms with Crippen LogP contribution in [-0.4, -0.2) is 17.5 Å². The largest absolute Gasteiger partial charge is 1.00 e. The van der Waals surface area contributed by atoms with E-state index in [-0.39, 0.29) is 29.6 Å². The first-order valence-electron chi connectivity index (χ1n) is 8.91. The summed E-state index contributed by atoms with van der Waals surface area (Å²) in [6, 6.07) is 0. The van der Waals surface area contributed by atoms with Gasteiger partial charge in [0.25, 0.3) is 0 Å². The van der Waals surface area contributed by atoms with Gasteiger partial charge >= 0.3 is 40.0 Å². The molecule has 0 bridgehead atoms. The van der Waals surface area contributed by atoms with Gasteiger partial charge in [0.1, 0.15) is 0 Å². The molecular formula is C17H37NaO4S. The van der Waals surface area contributed by atoms with Crippen molar-refractivity contribution in [2.45, 2.75) is 103 Å². The van der Waals surface area contributed by atoms with Gasteiger partial charge in [-0.3, -0.25) is 9.11 Å². The third-order valence-corrected chi connectivity index (χ3v) is 3.60. The summed E-state index contributed by atoms with van der Waals surface area (Å²) >= 11 is 0. The first-order chi connectivity index (χ1) is 10.4. The second-order valence-corrected chi connectivity index (χ2v) is 6.79. The van der Waals surface area contributed by atoms with Crippen LogP contribution in [0.15, 0.2) is 0 Å². The molecule has 23 heavy (non-hydrogen) atoms. The van der Waals surface area contributed by atoms with Crippen molar-refractivity contribution in [2.24, 2.45) is 0 Å². The van der Waals surface area contributed by atoms with Crippen LogP contribution >= 0.6 is 0 Å². The molecule has 0 spiro atoms. The van der Waals surface area contributed by atoms with Gasteiger partial charge in [-0.25, -0.2) is 0 Å². The maximum Gasteiger partial charge on any atom is 1.00 e. The van der Waals surface area contributed by atoms with Crippen LogP contribution in [0, 0.1) is 6.92 Å². The molecule has 0 aliphatic rings. The van der Waals surface area contributed by atoms with Gasteiger partial charge in [0.15, 0.2) is 0 Å². The minimum absolute atomic E-state index is 0. The Labute approximate surface area is 167 Å². The van der Waals surface area contributed by atoms with Gasteiger partial charge in [-0.15, -0.1) is 0 Å². The first kappa shape index (κ1) is 28.7. The van der Waals surface area contributed by atoms with E-state index in [9.17, 15) is 0 Å². The van der Waals surface area contributed by atoms with E-state index in [0.717, 1.165) is 6.42 Å². The molecule has 4 nitrogen and oxygen atoms in total. The minimum Gasteiger partial charge on any atom is -0.343 e. The van der Waals surface area contributed by atoms with E-state index in [4.69, 9.17) is 17.5 Å². The van der Waals surface area contributed by atoms with Gasteiger partial charge in [0.05, 0.1) is 0 Å². The fraction of sp³-hybridized carbons (Fsp3) is 0.941. The Bertz CT molecular complexity index is 273. The van der Waals surface area contributed by atoms with Crippen LogP contribution in [0.5, 0.6) is 0 Å². The zero-order valence-electron chi connectivity index (χ0n) is 15.4. The summed E-state index contributed by atoms with van der Waals surface area (Å²) in [6.45, 7) is 6.17. The van der Waals surface area contributed by atoms with E-state index in [2.05, 4.69) is 13.8 Å². The molecule has 0 rings (SSSR count). The normalized spacial score (nSPS) is 10.6. The molecule has 2 N–H and O–H groups in total. The molecule has 0 aliphatic carbocycles. The molecule has 6 heteroatoms. The van der Waals surface area contributed by atoms with E-state index in [1.807, 2.05) is 0 Å². The number of rotatable bonds is 14. The zero-order valence-corrected chi connectivity index (χ0v) is 18.2. The van der Waals surface area contributed by atoms with Crippen molar-refractivity contribution in [1.82, 2.24) is 0 Å². The fourth-order valence-electron chi connectivity index (χ4n) is 2.37. The second kappa shape index (κ2) is 22.9. The van der Waals surface area contributed by atoms with Crippen molar-refractivity contribution in [3.05, 3.63) is 6.92 Å². The molecule has 0 radical (unpaired) electrons. The molecule has 0 heterocycles. The van der Waals surface area contributed by atoms with Gasteiger partial charge in [0.2, 0.25) is 0 Å². The monoisotopic (exact) mass is 360 g/mol. The van der Waals surface area contributed by atoms with Crippen LogP contribution in [0.2, 0.25) is 0 Å². The van der Waals surface area contributed by atoms with E-state index >= 15 is 0 Å². The average molecular weight is 361 g/mol. The third kappa shape index (κ3) is 45.0. The third-order valence-electron chi connectivity index (χ3n) is 3.60. The number of unbranched alkanes of at least 4 members (excludes halogenated alkanes) is 14. The van der Waals surface area contributed by atoms with E-state index in [1.165, 1.54) is 89.9 Å². The van der Waals surface area contributed by atoms with Gasteiger partial charge in [-0.1, -0.05) is 96.8 Å². The molecular weight excluding hydrogens is 323 g/mol. The van der Waals surface area contributed by atoms with Crippen LogP contribution in [0.25, 0.3) is 0 Å². The molecule has 0 amide bonds. The zero-order chi connectivity index (χ0) is 17.1. The first-order valence-corrected chi connectivity index (χ1v) is 10.3. The fourth-order valence-corrected chi connectivity index (χ4v) is 2.37. The second-order valence-electron chi connectivity index (χ2n) is 5.90. The van der Waals surface area contributed by atoms with Crippen LogP contribution in [0.4, 0.5) is 0 Å². The Balaban J connectivity index is -0.000000578. The van der Waals surface area contributed by atoms with Gasteiger partial charge in [0, 0.05) is 0 Å². The van der Waals surface area contributed by atoms with Crippen LogP contribution < -0.4 is 29.6 Å². The Hall–Kier alpha value is 0.870. The maximum absolute atomic E-state index is 8.74. The number of hydrogen-bond donors (Lipinski definition) is 2. The Morgan fingerprint density at radius 3 is 1.09 bits per heavy atom. The van der Waals surface area contributed by atoms with E-state index in [1.54, 1.807) is 0 Å². The van der Waals surface area contributed by atoms with Crippen molar-refractivity contribution < 1.29 is 47.1 Å². The molecule has 0 atom stereocenters. The van der Waals surface area contributed by atoms with E-state index < -0.39 is 10.4 Å². The summed E-state index contributed by atoms with van der Waals surface area (Å²) in [6.07, 6.45) is 21.3. The molecule has 0 aromatic carbocycles. The Morgan fingerprint density at radius 2 is 0.870 bits per heavy atom. The molecule has 0 aliphatic heterocycles. The summed E-state index contributed by atoms with van der Waals surface area (Å²) in [5.41, 5.74) is 0. The molecule has 0 aromatic heterocycles. The van der Waals surface area contributed by atoms with Crippen molar-refractivity contribution in [3.8, 4) is 0 Å². The molecule has 0 saturated heterocycles. The van der Waals surface area contributed by atoms with Gasteiger partial charge in [-0.2, -0.15) is 14.8 Å². The van der Waals surface area contributed by atoms with Crippen LogP contribution in [0.3, 0.4) is 0 Å². The molecule has 0 saturated carbocycles. The minimum atomic E-state index is -4.67.